The van der Waals surface area contributed by atoms with Crippen molar-refractivity contribution in [3.63, 3.8) is 0 Å². The van der Waals surface area contributed by atoms with Crippen molar-refractivity contribution in [2.45, 2.75) is 19.3 Å². The van der Waals surface area contributed by atoms with E-state index in [4.69, 9.17) is 5.11 Å². The maximum atomic E-state index is 13.2. The molecule has 0 fully saturated rings. The van der Waals surface area contributed by atoms with Crippen LogP contribution >= 0.6 is 0 Å². The van der Waals surface area contributed by atoms with Gasteiger partial charge in [-0.15, -0.1) is 0 Å². The lowest BCUT2D eigenvalue weighted by Gasteiger charge is -2.10. The first-order valence-corrected chi connectivity index (χ1v) is 4.34. The third kappa shape index (κ3) is 2.32. The number of aliphatic carboxylic acids is 1. The molecule has 0 aliphatic carbocycles. The molecule has 88 valence electrons. The highest BCUT2D eigenvalue weighted by Crippen LogP contribution is 2.28. The van der Waals surface area contributed by atoms with Gasteiger partial charge in [-0.3, -0.25) is 4.79 Å². The van der Waals surface area contributed by atoms with E-state index in [-0.39, 0.29) is 0 Å². The van der Waals surface area contributed by atoms with E-state index in [0.29, 0.717) is 12.1 Å². The van der Waals surface area contributed by atoms with Gasteiger partial charge in [0.05, 0.1) is 5.92 Å². The summed E-state index contributed by atoms with van der Waals surface area (Å²) >= 11 is 0. The van der Waals surface area contributed by atoms with E-state index in [1.165, 1.54) is 0 Å². The predicted molar refractivity (Wildman–Crippen MR) is 47.4 cm³/mol. The van der Waals surface area contributed by atoms with Crippen molar-refractivity contribution >= 4 is 5.97 Å². The van der Waals surface area contributed by atoms with Crippen molar-refractivity contribution < 1.29 is 27.5 Å². The van der Waals surface area contributed by atoms with Gasteiger partial charge in [-0.25, -0.2) is 17.6 Å². The van der Waals surface area contributed by atoms with Crippen LogP contribution in [0.5, 0.6) is 0 Å². The van der Waals surface area contributed by atoms with E-state index >= 15 is 0 Å². The van der Waals surface area contributed by atoms with E-state index in [9.17, 15) is 22.4 Å². The molecule has 1 atom stereocenters. The Labute approximate surface area is 88.5 Å². The Hall–Kier alpha value is -1.59. The van der Waals surface area contributed by atoms with Crippen molar-refractivity contribution in [3.05, 3.63) is 34.9 Å². The molecule has 0 radical (unpaired) electrons. The molecule has 1 aromatic carbocycles. The monoisotopic (exact) mass is 236 g/mol. The Morgan fingerprint density at radius 2 is 1.88 bits per heavy atom. The van der Waals surface area contributed by atoms with Crippen molar-refractivity contribution in [2.75, 3.05) is 0 Å². The van der Waals surface area contributed by atoms with Crippen molar-refractivity contribution in [1.82, 2.24) is 0 Å². The van der Waals surface area contributed by atoms with Crippen LogP contribution in [0.15, 0.2) is 12.1 Å². The van der Waals surface area contributed by atoms with Gasteiger partial charge in [0.25, 0.3) is 6.43 Å². The van der Waals surface area contributed by atoms with Crippen LogP contribution in [0, 0.1) is 11.6 Å². The number of carboxylic acid groups (broad SMARTS) is 1. The number of hydrogen-bond acceptors (Lipinski definition) is 1. The first-order valence-electron chi connectivity index (χ1n) is 4.34. The van der Waals surface area contributed by atoms with Crippen LogP contribution in [0.4, 0.5) is 17.6 Å². The predicted octanol–water partition coefficient (Wildman–Crippen LogP) is 3.09. The quantitative estimate of drug-likeness (QED) is 0.819. The van der Waals surface area contributed by atoms with Gasteiger partial charge in [0.1, 0.15) is 0 Å². The van der Waals surface area contributed by atoms with Gasteiger partial charge < -0.3 is 5.11 Å². The van der Waals surface area contributed by atoms with E-state index in [0.717, 1.165) is 6.92 Å². The first-order chi connectivity index (χ1) is 7.34. The minimum Gasteiger partial charge on any atom is -0.481 e. The van der Waals surface area contributed by atoms with E-state index in [2.05, 4.69) is 0 Å². The molecule has 2 nitrogen and oxygen atoms in total. The number of alkyl halides is 2. The van der Waals surface area contributed by atoms with Crippen LogP contribution in [-0.2, 0) is 4.79 Å². The molecular formula is C10H8F4O2. The highest BCUT2D eigenvalue weighted by atomic mass is 19.3. The fourth-order valence-corrected chi connectivity index (χ4v) is 1.21. The van der Waals surface area contributed by atoms with Crippen LogP contribution in [-0.4, -0.2) is 11.1 Å². The normalized spacial score (nSPS) is 12.9. The number of benzene rings is 1. The van der Waals surface area contributed by atoms with E-state index in [1.54, 1.807) is 0 Å². The molecule has 0 aromatic heterocycles. The third-order valence-corrected chi connectivity index (χ3v) is 2.17. The average molecular weight is 236 g/mol. The lowest BCUT2D eigenvalue weighted by molar-refractivity contribution is -0.138. The topological polar surface area (TPSA) is 37.3 Å². The van der Waals surface area contributed by atoms with Gasteiger partial charge in [-0.2, -0.15) is 0 Å². The van der Waals surface area contributed by atoms with Crippen LogP contribution in [0.25, 0.3) is 0 Å². The number of carbonyl (C=O) groups is 1. The molecule has 16 heavy (non-hydrogen) atoms. The Balaban J connectivity index is 3.32. The lowest BCUT2D eigenvalue weighted by atomic mass is 9.98. The fourth-order valence-electron chi connectivity index (χ4n) is 1.21. The Kier molecular flexibility index (Phi) is 3.51. The Bertz CT molecular complexity index is 418. The van der Waals surface area contributed by atoms with E-state index < -0.39 is 41.1 Å². The van der Waals surface area contributed by atoms with Crippen LogP contribution in [0.2, 0.25) is 0 Å². The summed E-state index contributed by atoms with van der Waals surface area (Å²) in [6.45, 7) is 1.09. The zero-order valence-electron chi connectivity index (χ0n) is 8.18. The van der Waals surface area contributed by atoms with Crippen molar-refractivity contribution in [2.24, 2.45) is 0 Å². The van der Waals surface area contributed by atoms with Gasteiger partial charge in [0.2, 0.25) is 0 Å². The van der Waals surface area contributed by atoms with Crippen molar-refractivity contribution in [1.29, 1.82) is 0 Å². The molecule has 1 N–H and O–H groups in total. The summed E-state index contributed by atoms with van der Waals surface area (Å²) < 4.78 is 50.7. The summed E-state index contributed by atoms with van der Waals surface area (Å²) in [5.74, 6) is -5.67. The molecule has 1 aromatic rings. The molecule has 0 spiro atoms. The maximum Gasteiger partial charge on any atom is 0.310 e. The largest absolute Gasteiger partial charge is 0.481 e. The molecule has 0 heterocycles. The van der Waals surface area contributed by atoms with Gasteiger partial charge in [0.15, 0.2) is 11.6 Å². The number of carboxylic acids is 1. The zero-order chi connectivity index (χ0) is 12.5. The summed E-state index contributed by atoms with van der Waals surface area (Å²) in [5.41, 5.74) is -1.31. The molecule has 1 unspecified atom stereocenters. The Morgan fingerprint density at radius 1 is 1.31 bits per heavy atom. The van der Waals surface area contributed by atoms with Gasteiger partial charge in [0, 0.05) is 11.1 Å². The van der Waals surface area contributed by atoms with E-state index in [1.807, 2.05) is 0 Å². The molecule has 0 bridgehead atoms. The molecule has 0 amide bonds. The lowest BCUT2D eigenvalue weighted by Crippen LogP contribution is -2.11. The minimum absolute atomic E-state index is 0.359. The maximum absolute atomic E-state index is 13.2. The molecule has 0 aliphatic heterocycles. The molecule has 6 heteroatoms. The first kappa shape index (κ1) is 12.5. The third-order valence-electron chi connectivity index (χ3n) is 2.17. The highest BCUT2D eigenvalue weighted by molar-refractivity contribution is 5.75. The van der Waals surface area contributed by atoms with Gasteiger partial charge >= 0.3 is 5.97 Å². The SMILES string of the molecule is CC(C(=O)O)c1cc(C(F)F)cc(F)c1F. The minimum atomic E-state index is -2.98. The standard InChI is InChI=1S/C10H8F4O2/c1-4(10(15)16)6-2-5(9(13)14)3-7(11)8(6)12/h2-4,9H,1H3,(H,15,16). The smallest absolute Gasteiger partial charge is 0.310 e. The van der Waals surface area contributed by atoms with Crippen LogP contribution in [0.3, 0.4) is 0 Å². The highest BCUT2D eigenvalue weighted by Gasteiger charge is 2.23. The second-order valence-corrected chi connectivity index (χ2v) is 3.27. The average Bonchev–Trinajstić information content (AvgIpc) is 2.20. The molecular weight excluding hydrogens is 228 g/mol. The van der Waals surface area contributed by atoms with Crippen molar-refractivity contribution in [3.8, 4) is 0 Å². The molecule has 1 rings (SSSR count). The molecule has 0 aliphatic rings. The number of hydrogen-bond donors (Lipinski definition) is 1. The van der Waals surface area contributed by atoms with Gasteiger partial charge in [-0.05, 0) is 19.1 Å². The summed E-state index contributed by atoms with van der Waals surface area (Å²) in [6, 6.07) is 1.03. The summed E-state index contributed by atoms with van der Waals surface area (Å²) in [5, 5.41) is 8.60. The van der Waals surface area contributed by atoms with Gasteiger partial charge in [-0.1, -0.05) is 0 Å². The van der Waals surface area contributed by atoms with Crippen LogP contribution in [0.1, 0.15) is 30.4 Å². The number of rotatable bonds is 3. The second-order valence-electron chi connectivity index (χ2n) is 3.27. The zero-order valence-corrected chi connectivity index (χ0v) is 8.18. The fraction of sp³-hybridized carbons (Fsp3) is 0.300. The summed E-state index contributed by atoms with van der Waals surface area (Å²) in [6.07, 6.45) is -2.98. The van der Waals surface area contributed by atoms with Crippen LogP contribution < -0.4 is 0 Å². The number of halogens is 4. The summed E-state index contributed by atoms with van der Waals surface area (Å²) in [7, 11) is 0. The molecule has 0 saturated heterocycles. The Morgan fingerprint density at radius 3 is 2.31 bits per heavy atom. The molecule has 0 saturated carbocycles. The second kappa shape index (κ2) is 4.51. The summed E-state index contributed by atoms with van der Waals surface area (Å²) in [4.78, 5) is 10.6.